The van der Waals surface area contributed by atoms with Gasteiger partial charge in [-0.1, -0.05) is 12.1 Å². The second-order valence-corrected chi connectivity index (χ2v) is 8.20. The SMILES string of the molecule is COc1ccc(C(C)NS(=O)(=O)c2c(C)c(C)cc(C)c2C)cc1OC. The number of aryl methyl sites for hydroxylation is 2. The first kappa shape index (κ1) is 20.3. The summed E-state index contributed by atoms with van der Waals surface area (Å²) >= 11 is 0. The third-order valence-corrected chi connectivity index (χ3v) is 6.62. The predicted molar refractivity (Wildman–Crippen MR) is 104 cm³/mol. The summed E-state index contributed by atoms with van der Waals surface area (Å²) in [5, 5.41) is 0. The lowest BCUT2D eigenvalue weighted by Gasteiger charge is -2.20. The molecular formula is C20H27NO4S. The Morgan fingerprint density at radius 3 is 1.92 bits per heavy atom. The van der Waals surface area contributed by atoms with Gasteiger partial charge in [-0.05, 0) is 74.6 Å². The largest absolute Gasteiger partial charge is 0.493 e. The van der Waals surface area contributed by atoms with E-state index in [2.05, 4.69) is 4.72 Å². The zero-order valence-electron chi connectivity index (χ0n) is 16.4. The summed E-state index contributed by atoms with van der Waals surface area (Å²) in [4.78, 5) is 0.363. The molecule has 26 heavy (non-hydrogen) atoms. The Hall–Kier alpha value is -2.05. The van der Waals surface area contributed by atoms with Gasteiger partial charge in [-0.15, -0.1) is 0 Å². The number of hydrogen-bond acceptors (Lipinski definition) is 4. The van der Waals surface area contributed by atoms with Gasteiger partial charge in [0.15, 0.2) is 11.5 Å². The molecular weight excluding hydrogens is 350 g/mol. The lowest BCUT2D eigenvalue weighted by atomic mass is 10.0. The van der Waals surface area contributed by atoms with E-state index in [1.54, 1.807) is 26.4 Å². The molecule has 142 valence electrons. The number of rotatable bonds is 6. The minimum absolute atomic E-state index is 0.363. The van der Waals surface area contributed by atoms with Crippen molar-refractivity contribution in [2.75, 3.05) is 14.2 Å². The number of ether oxygens (including phenoxy) is 2. The van der Waals surface area contributed by atoms with Crippen molar-refractivity contribution < 1.29 is 17.9 Å². The Labute approximate surface area is 156 Å². The molecule has 0 fully saturated rings. The highest BCUT2D eigenvalue weighted by Gasteiger charge is 2.24. The third-order valence-electron chi connectivity index (χ3n) is 4.81. The minimum Gasteiger partial charge on any atom is -0.493 e. The van der Waals surface area contributed by atoms with Gasteiger partial charge in [0.2, 0.25) is 10.0 Å². The molecule has 0 radical (unpaired) electrons. The maximum Gasteiger partial charge on any atom is 0.241 e. The molecule has 0 aliphatic carbocycles. The lowest BCUT2D eigenvalue weighted by molar-refractivity contribution is 0.354. The molecule has 0 amide bonds. The smallest absolute Gasteiger partial charge is 0.241 e. The molecule has 0 saturated heterocycles. The molecule has 1 unspecified atom stereocenters. The van der Waals surface area contributed by atoms with Crippen LogP contribution in [0.2, 0.25) is 0 Å². The molecule has 0 aliphatic heterocycles. The van der Waals surface area contributed by atoms with Gasteiger partial charge in [-0.3, -0.25) is 0 Å². The van der Waals surface area contributed by atoms with E-state index in [0.29, 0.717) is 16.4 Å². The van der Waals surface area contributed by atoms with Gasteiger partial charge < -0.3 is 9.47 Å². The van der Waals surface area contributed by atoms with Gasteiger partial charge in [0, 0.05) is 6.04 Å². The van der Waals surface area contributed by atoms with Gasteiger partial charge in [0.05, 0.1) is 19.1 Å². The summed E-state index contributed by atoms with van der Waals surface area (Å²) in [7, 11) is -0.552. The summed E-state index contributed by atoms with van der Waals surface area (Å²) in [5.41, 5.74) is 4.28. The van der Waals surface area contributed by atoms with Crippen LogP contribution in [-0.2, 0) is 10.0 Å². The topological polar surface area (TPSA) is 64.6 Å². The highest BCUT2D eigenvalue weighted by Crippen LogP contribution is 2.31. The average molecular weight is 378 g/mol. The molecule has 1 N–H and O–H groups in total. The summed E-state index contributed by atoms with van der Waals surface area (Å²) in [6, 6.07) is 6.98. The van der Waals surface area contributed by atoms with E-state index in [0.717, 1.165) is 27.8 Å². The standard InChI is InChI=1S/C20H27NO4S/c1-12-10-13(2)15(4)20(14(12)3)26(22,23)21-16(5)17-8-9-18(24-6)19(11-17)25-7/h8-11,16,21H,1-7H3. The Morgan fingerprint density at radius 1 is 0.885 bits per heavy atom. The van der Waals surface area contributed by atoms with Crippen LogP contribution in [-0.4, -0.2) is 22.6 Å². The molecule has 2 aromatic rings. The highest BCUT2D eigenvalue weighted by atomic mass is 32.2. The maximum atomic E-state index is 13.1. The van der Waals surface area contributed by atoms with Crippen LogP contribution in [0, 0.1) is 27.7 Å². The molecule has 6 heteroatoms. The molecule has 0 saturated carbocycles. The van der Waals surface area contributed by atoms with Gasteiger partial charge in [-0.25, -0.2) is 13.1 Å². The van der Waals surface area contributed by atoms with Crippen molar-refractivity contribution in [1.29, 1.82) is 0 Å². The van der Waals surface area contributed by atoms with Crippen molar-refractivity contribution in [2.45, 2.75) is 45.6 Å². The Bertz CT molecular complexity index is 894. The number of methoxy groups -OCH3 is 2. The molecule has 2 aromatic carbocycles. The zero-order valence-corrected chi connectivity index (χ0v) is 17.2. The van der Waals surface area contributed by atoms with Crippen LogP contribution >= 0.6 is 0 Å². The Morgan fingerprint density at radius 2 is 1.42 bits per heavy atom. The van der Waals surface area contributed by atoms with Crippen molar-refractivity contribution in [2.24, 2.45) is 0 Å². The fourth-order valence-corrected chi connectivity index (χ4v) is 4.91. The molecule has 0 bridgehead atoms. The van der Waals surface area contributed by atoms with Crippen LogP contribution in [0.1, 0.15) is 40.8 Å². The quantitative estimate of drug-likeness (QED) is 0.827. The van der Waals surface area contributed by atoms with E-state index in [1.165, 1.54) is 0 Å². The van der Waals surface area contributed by atoms with Gasteiger partial charge in [0.1, 0.15) is 0 Å². The third kappa shape index (κ3) is 3.86. The first-order valence-corrected chi connectivity index (χ1v) is 9.92. The predicted octanol–water partition coefficient (Wildman–Crippen LogP) is 3.98. The van der Waals surface area contributed by atoms with Gasteiger partial charge in [0.25, 0.3) is 0 Å². The second-order valence-electron chi connectivity index (χ2n) is 6.55. The molecule has 2 rings (SSSR count). The van der Waals surface area contributed by atoms with Crippen molar-refractivity contribution in [3.05, 3.63) is 52.1 Å². The first-order chi connectivity index (χ1) is 12.1. The summed E-state index contributed by atoms with van der Waals surface area (Å²) in [6.07, 6.45) is 0. The Kier molecular flexibility index (Phi) is 5.98. The van der Waals surface area contributed by atoms with Gasteiger partial charge >= 0.3 is 0 Å². The van der Waals surface area contributed by atoms with E-state index in [-0.39, 0.29) is 0 Å². The number of hydrogen-bond donors (Lipinski definition) is 1. The van der Waals surface area contributed by atoms with E-state index in [4.69, 9.17) is 9.47 Å². The van der Waals surface area contributed by atoms with E-state index >= 15 is 0 Å². The molecule has 0 aliphatic rings. The fraction of sp³-hybridized carbons (Fsp3) is 0.400. The number of sulfonamides is 1. The number of benzene rings is 2. The second kappa shape index (κ2) is 7.68. The molecule has 0 heterocycles. The lowest BCUT2D eigenvalue weighted by Crippen LogP contribution is -2.28. The van der Waals surface area contributed by atoms with Crippen molar-refractivity contribution in [1.82, 2.24) is 4.72 Å². The molecule has 1 atom stereocenters. The summed E-state index contributed by atoms with van der Waals surface area (Å²) < 4.78 is 39.5. The molecule has 0 aromatic heterocycles. The van der Waals surface area contributed by atoms with Crippen LogP contribution in [0.25, 0.3) is 0 Å². The van der Waals surface area contributed by atoms with Crippen LogP contribution in [0.15, 0.2) is 29.2 Å². The van der Waals surface area contributed by atoms with Crippen molar-refractivity contribution in [3.8, 4) is 11.5 Å². The summed E-state index contributed by atoms with van der Waals surface area (Å²) in [6.45, 7) is 9.36. The van der Waals surface area contributed by atoms with Crippen molar-refractivity contribution >= 4 is 10.0 Å². The zero-order chi connectivity index (χ0) is 19.6. The number of nitrogens with one attached hydrogen (secondary N) is 1. The van der Waals surface area contributed by atoms with Crippen LogP contribution in [0.4, 0.5) is 0 Å². The average Bonchev–Trinajstić information content (AvgIpc) is 2.58. The van der Waals surface area contributed by atoms with Gasteiger partial charge in [-0.2, -0.15) is 0 Å². The monoisotopic (exact) mass is 377 g/mol. The van der Waals surface area contributed by atoms with Crippen LogP contribution < -0.4 is 14.2 Å². The maximum absolute atomic E-state index is 13.1. The van der Waals surface area contributed by atoms with Crippen LogP contribution in [0.5, 0.6) is 11.5 Å². The first-order valence-electron chi connectivity index (χ1n) is 8.44. The van der Waals surface area contributed by atoms with E-state index < -0.39 is 16.1 Å². The fourth-order valence-electron chi connectivity index (χ4n) is 3.07. The van der Waals surface area contributed by atoms with Crippen LogP contribution in [0.3, 0.4) is 0 Å². The van der Waals surface area contributed by atoms with E-state index in [9.17, 15) is 8.42 Å². The van der Waals surface area contributed by atoms with E-state index in [1.807, 2.05) is 46.8 Å². The minimum atomic E-state index is -3.67. The van der Waals surface area contributed by atoms with Crippen molar-refractivity contribution in [3.63, 3.8) is 0 Å². The molecule has 5 nitrogen and oxygen atoms in total. The summed E-state index contributed by atoms with van der Waals surface area (Å²) in [5.74, 6) is 1.17. The molecule has 0 spiro atoms. The normalized spacial score (nSPS) is 12.7. The highest BCUT2D eigenvalue weighted by molar-refractivity contribution is 7.89. The Balaban J connectivity index is 2.42.